The number of carboxylic acids is 1. The number of aromatic nitrogens is 1. The summed E-state index contributed by atoms with van der Waals surface area (Å²) in [5.41, 5.74) is 0.458. The van der Waals surface area contributed by atoms with Gasteiger partial charge < -0.3 is 15.2 Å². The van der Waals surface area contributed by atoms with Gasteiger partial charge in [-0.2, -0.15) is 0 Å². The van der Waals surface area contributed by atoms with Crippen LogP contribution < -0.4 is 15.4 Å². The number of benzene rings is 1. The van der Waals surface area contributed by atoms with Crippen LogP contribution in [0.2, 0.25) is 0 Å². The summed E-state index contributed by atoms with van der Waals surface area (Å²) in [7, 11) is 0. The molecule has 0 aliphatic carbocycles. The molecule has 1 aromatic carbocycles. The van der Waals surface area contributed by atoms with E-state index in [0.717, 1.165) is 0 Å². The van der Waals surface area contributed by atoms with Crippen LogP contribution >= 0.6 is 12.2 Å². The van der Waals surface area contributed by atoms with Gasteiger partial charge in [-0.3, -0.25) is 10.1 Å². The molecule has 0 radical (unpaired) electrons. The second kappa shape index (κ2) is 7.85. The van der Waals surface area contributed by atoms with Gasteiger partial charge in [-0.05, 0) is 36.5 Å². The molecule has 118 valence electrons. The molecule has 0 unspecified atom stereocenters. The molecule has 7 nitrogen and oxygen atoms in total. The van der Waals surface area contributed by atoms with Crippen LogP contribution in [-0.2, 0) is 4.79 Å². The number of hydrogen-bond donors (Lipinski definition) is 3. The normalized spacial score (nSPS) is 9.74. The largest absolute Gasteiger partial charge is 0.479 e. The van der Waals surface area contributed by atoms with Gasteiger partial charge in [-0.15, -0.1) is 0 Å². The molecule has 2 rings (SSSR count). The van der Waals surface area contributed by atoms with Crippen LogP contribution in [0.1, 0.15) is 10.4 Å². The van der Waals surface area contributed by atoms with Gasteiger partial charge in [-0.1, -0.05) is 18.2 Å². The van der Waals surface area contributed by atoms with E-state index in [9.17, 15) is 9.59 Å². The predicted molar refractivity (Wildman–Crippen MR) is 87.5 cm³/mol. The number of thiocarbonyl (C=S) groups is 1. The molecule has 23 heavy (non-hydrogen) atoms. The summed E-state index contributed by atoms with van der Waals surface area (Å²) < 4.78 is 5.09. The summed E-state index contributed by atoms with van der Waals surface area (Å²) in [6, 6.07) is 11.7. The Hall–Kier alpha value is -3.00. The number of carbonyl (C=O) groups excluding carboxylic acids is 1. The number of hydrogen-bond acceptors (Lipinski definition) is 5. The quantitative estimate of drug-likeness (QED) is 0.717. The van der Waals surface area contributed by atoms with Crippen LogP contribution in [0.5, 0.6) is 5.75 Å². The van der Waals surface area contributed by atoms with Crippen LogP contribution in [0.15, 0.2) is 48.7 Å². The molecule has 0 spiro atoms. The number of anilines is 1. The SMILES string of the molecule is O=C(O)COc1cccnc1NC(=S)NC(=O)c1ccccc1. The van der Waals surface area contributed by atoms with Gasteiger partial charge in [0, 0.05) is 11.8 Å². The Morgan fingerprint density at radius 2 is 1.91 bits per heavy atom. The van der Waals surface area contributed by atoms with Gasteiger partial charge in [0.2, 0.25) is 0 Å². The molecule has 1 heterocycles. The minimum Gasteiger partial charge on any atom is -0.479 e. The number of pyridine rings is 1. The maximum atomic E-state index is 12.0. The van der Waals surface area contributed by atoms with E-state index in [1.807, 2.05) is 0 Å². The minimum absolute atomic E-state index is 0.0257. The average molecular weight is 331 g/mol. The Balaban J connectivity index is 2.00. The van der Waals surface area contributed by atoms with Gasteiger partial charge in [0.25, 0.3) is 5.91 Å². The Morgan fingerprint density at radius 3 is 2.61 bits per heavy atom. The first-order chi connectivity index (χ1) is 11.1. The molecule has 0 aliphatic heterocycles. The molecule has 1 aromatic heterocycles. The first-order valence-corrected chi connectivity index (χ1v) is 6.94. The lowest BCUT2D eigenvalue weighted by Crippen LogP contribution is -2.34. The van der Waals surface area contributed by atoms with Crippen molar-refractivity contribution >= 4 is 35.0 Å². The molecule has 0 fully saturated rings. The number of rotatable bonds is 5. The van der Waals surface area contributed by atoms with Crippen molar-refractivity contribution < 1.29 is 19.4 Å². The van der Waals surface area contributed by atoms with Gasteiger partial charge in [0.15, 0.2) is 23.3 Å². The third-order valence-electron chi connectivity index (χ3n) is 2.62. The number of aliphatic carboxylic acids is 1. The van der Waals surface area contributed by atoms with Crippen LogP contribution in [0.3, 0.4) is 0 Å². The molecular weight excluding hydrogens is 318 g/mol. The highest BCUT2D eigenvalue weighted by atomic mass is 32.1. The highest BCUT2D eigenvalue weighted by molar-refractivity contribution is 7.80. The van der Waals surface area contributed by atoms with Crippen molar-refractivity contribution in [3.8, 4) is 5.75 Å². The molecule has 0 saturated carbocycles. The number of carboxylic acid groups (broad SMARTS) is 1. The number of ether oxygens (including phenoxy) is 1. The molecule has 8 heteroatoms. The summed E-state index contributed by atoms with van der Waals surface area (Å²) >= 11 is 5.05. The number of carbonyl (C=O) groups is 2. The molecule has 2 aromatic rings. The van der Waals surface area contributed by atoms with Crippen molar-refractivity contribution in [3.63, 3.8) is 0 Å². The summed E-state index contributed by atoms with van der Waals surface area (Å²) in [5.74, 6) is -1.05. The van der Waals surface area contributed by atoms with Crippen molar-refractivity contribution in [1.82, 2.24) is 10.3 Å². The molecule has 0 bridgehead atoms. The van der Waals surface area contributed by atoms with Crippen molar-refractivity contribution in [1.29, 1.82) is 0 Å². The molecule has 0 aliphatic rings. The van der Waals surface area contributed by atoms with Crippen LogP contribution in [0.4, 0.5) is 5.82 Å². The Kier molecular flexibility index (Phi) is 5.59. The zero-order valence-electron chi connectivity index (χ0n) is 11.9. The van der Waals surface area contributed by atoms with E-state index in [-0.39, 0.29) is 22.6 Å². The summed E-state index contributed by atoms with van der Waals surface area (Å²) in [4.78, 5) is 26.5. The fourth-order valence-electron chi connectivity index (χ4n) is 1.64. The smallest absolute Gasteiger partial charge is 0.341 e. The fourth-order valence-corrected chi connectivity index (χ4v) is 1.83. The third kappa shape index (κ3) is 5.04. The van der Waals surface area contributed by atoms with Gasteiger partial charge in [-0.25, -0.2) is 9.78 Å². The Morgan fingerprint density at radius 1 is 1.17 bits per heavy atom. The molecule has 0 saturated heterocycles. The Bertz CT molecular complexity index is 722. The van der Waals surface area contributed by atoms with Crippen molar-refractivity contribution in [2.75, 3.05) is 11.9 Å². The number of nitrogens with zero attached hydrogens (tertiary/aromatic N) is 1. The van der Waals surface area contributed by atoms with Gasteiger partial charge >= 0.3 is 5.97 Å². The average Bonchev–Trinajstić information content (AvgIpc) is 2.54. The second-order valence-electron chi connectivity index (χ2n) is 4.31. The standard InChI is InChI=1S/C15H13N3O4S/c19-12(20)9-22-11-7-4-8-16-13(11)17-15(23)18-14(21)10-5-2-1-3-6-10/h1-8H,9H2,(H,19,20)(H2,16,17,18,21,23). The highest BCUT2D eigenvalue weighted by Crippen LogP contribution is 2.20. The Labute approximate surface area is 137 Å². The maximum Gasteiger partial charge on any atom is 0.341 e. The predicted octanol–water partition coefficient (Wildman–Crippen LogP) is 1.67. The maximum absolute atomic E-state index is 12.0. The van der Waals surface area contributed by atoms with E-state index < -0.39 is 12.6 Å². The fraction of sp³-hybridized carbons (Fsp3) is 0.0667. The minimum atomic E-state index is -1.11. The number of nitrogens with one attached hydrogen (secondary N) is 2. The lowest BCUT2D eigenvalue weighted by atomic mass is 10.2. The van der Waals surface area contributed by atoms with E-state index in [0.29, 0.717) is 5.56 Å². The lowest BCUT2D eigenvalue weighted by molar-refractivity contribution is -0.139. The summed E-state index contributed by atoms with van der Waals surface area (Å²) in [5, 5.41) is 13.9. The van der Waals surface area contributed by atoms with Gasteiger partial charge in [0.05, 0.1) is 0 Å². The van der Waals surface area contributed by atoms with Crippen LogP contribution in [0.25, 0.3) is 0 Å². The topological polar surface area (TPSA) is 101 Å². The zero-order chi connectivity index (χ0) is 16.7. The van der Waals surface area contributed by atoms with E-state index in [2.05, 4.69) is 15.6 Å². The second-order valence-corrected chi connectivity index (χ2v) is 4.72. The lowest BCUT2D eigenvalue weighted by Gasteiger charge is -2.12. The summed E-state index contributed by atoms with van der Waals surface area (Å²) in [6.45, 7) is -0.510. The van der Waals surface area contributed by atoms with E-state index in [4.69, 9.17) is 22.1 Å². The van der Waals surface area contributed by atoms with E-state index in [1.54, 1.807) is 42.5 Å². The molecule has 0 atom stereocenters. The molecule has 3 N–H and O–H groups in total. The monoisotopic (exact) mass is 331 g/mol. The summed E-state index contributed by atoms with van der Waals surface area (Å²) in [6.07, 6.45) is 1.48. The highest BCUT2D eigenvalue weighted by Gasteiger charge is 2.11. The zero-order valence-corrected chi connectivity index (χ0v) is 12.7. The van der Waals surface area contributed by atoms with Crippen molar-refractivity contribution in [3.05, 3.63) is 54.2 Å². The first-order valence-electron chi connectivity index (χ1n) is 6.53. The third-order valence-corrected chi connectivity index (χ3v) is 2.82. The number of amides is 1. The molecule has 1 amide bonds. The van der Waals surface area contributed by atoms with Crippen LogP contribution in [-0.4, -0.2) is 33.7 Å². The van der Waals surface area contributed by atoms with Crippen LogP contribution in [0, 0.1) is 0 Å². The van der Waals surface area contributed by atoms with Crippen molar-refractivity contribution in [2.45, 2.75) is 0 Å². The first kappa shape index (κ1) is 16.4. The van der Waals surface area contributed by atoms with E-state index >= 15 is 0 Å². The van der Waals surface area contributed by atoms with Gasteiger partial charge in [0.1, 0.15) is 0 Å². The van der Waals surface area contributed by atoms with Crippen molar-refractivity contribution in [2.24, 2.45) is 0 Å². The van der Waals surface area contributed by atoms with E-state index in [1.165, 1.54) is 6.20 Å². The molecular formula is C15H13N3O4S.